The minimum absolute atomic E-state index is 0.0730. The first-order chi connectivity index (χ1) is 11.7. The summed E-state index contributed by atoms with van der Waals surface area (Å²) in [6.45, 7) is 5.74. The van der Waals surface area contributed by atoms with Crippen molar-refractivity contribution in [1.82, 2.24) is 4.90 Å². The van der Waals surface area contributed by atoms with Gasteiger partial charge in [-0.05, 0) is 49.9 Å². The molecule has 0 unspecified atom stereocenters. The van der Waals surface area contributed by atoms with Gasteiger partial charge in [0.05, 0.1) is 0 Å². The van der Waals surface area contributed by atoms with Gasteiger partial charge in [-0.2, -0.15) is 0 Å². The predicted molar refractivity (Wildman–Crippen MR) is 98.1 cm³/mol. The van der Waals surface area contributed by atoms with Gasteiger partial charge < -0.3 is 10.2 Å². The number of nitrogens with one attached hydrogen (secondary N) is 1. The van der Waals surface area contributed by atoms with Crippen LogP contribution in [0.15, 0.2) is 24.3 Å². The summed E-state index contributed by atoms with van der Waals surface area (Å²) in [5, 5.41) is 2.99. The lowest BCUT2D eigenvalue weighted by Crippen LogP contribution is -2.32. The van der Waals surface area contributed by atoms with Gasteiger partial charge in [-0.3, -0.25) is 9.59 Å². The van der Waals surface area contributed by atoms with Crippen LogP contribution in [0.25, 0.3) is 0 Å². The molecule has 4 heteroatoms. The van der Waals surface area contributed by atoms with E-state index in [0.717, 1.165) is 57.3 Å². The molecule has 0 spiro atoms. The lowest BCUT2D eigenvalue weighted by atomic mass is 9.88. The fraction of sp³-hybridized carbons (Fsp3) is 0.600. The van der Waals surface area contributed by atoms with Gasteiger partial charge in [0.15, 0.2) is 0 Å². The van der Waals surface area contributed by atoms with E-state index in [1.54, 1.807) is 0 Å². The van der Waals surface area contributed by atoms with Crippen molar-refractivity contribution in [3.05, 3.63) is 29.8 Å². The second kappa shape index (κ2) is 9.45. The second-order valence-corrected chi connectivity index (χ2v) is 6.69. The average Bonchev–Trinajstić information content (AvgIpc) is 2.62. The van der Waals surface area contributed by atoms with Crippen LogP contribution < -0.4 is 5.32 Å². The van der Waals surface area contributed by atoms with Crippen LogP contribution in [0.1, 0.15) is 69.2 Å². The molecule has 0 aliphatic heterocycles. The standard InChI is InChI=1S/C20H30N2O2/c1-3-14-22(15-4-2)20(24)17-10-12-18(13-11-17)21-19(23)16-8-6-5-7-9-16/h10-13,16H,3-9,14-15H2,1-2H3,(H,21,23). The van der Waals surface area contributed by atoms with Crippen molar-refractivity contribution < 1.29 is 9.59 Å². The first kappa shape index (κ1) is 18.5. The third-order valence-electron chi connectivity index (χ3n) is 4.65. The van der Waals surface area contributed by atoms with Crippen LogP contribution in [-0.2, 0) is 4.79 Å². The fourth-order valence-corrected chi connectivity index (χ4v) is 3.34. The Bertz CT molecular complexity index is 527. The number of carbonyl (C=O) groups is 2. The zero-order valence-electron chi connectivity index (χ0n) is 15.0. The van der Waals surface area contributed by atoms with E-state index in [4.69, 9.17) is 0 Å². The van der Waals surface area contributed by atoms with E-state index in [9.17, 15) is 9.59 Å². The van der Waals surface area contributed by atoms with Crippen LogP contribution >= 0.6 is 0 Å². The molecule has 2 rings (SSSR count). The largest absolute Gasteiger partial charge is 0.339 e. The molecule has 1 aromatic carbocycles. The van der Waals surface area contributed by atoms with Crippen molar-refractivity contribution in [3.8, 4) is 0 Å². The van der Waals surface area contributed by atoms with Gasteiger partial charge in [-0.25, -0.2) is 0 Å². The van der Waals surface area contributed by atoms with E-state index in [0.29, 0.717) is 5.56 Å². The van der Waals surface area contributed by atoms with Crippen LogP contribution in [-0.4, -0.2) is 29.8 Å². The summed E-state index contributed by atoms with van der Waals surface area (Å²) in [4.78, 5) is 26.7. The summed E-state index contributed by atoms with van der Waals surface area (Å²) in [7, 11) is 0. The Hall–Kier alpha value is -1.84. The van der Waals surface area contributed by atoms with Crippen LogP contribution in [0.4, 0.5) is 5.69 Å². The summed E-state index contributed by atoms with van der Waals surface area (Å²) < 4.78 is 0. The number of nitrogens with zero attached hydrogens (tertiary/aromatic N) is 1. The zero-order chi connectivity index (χ0) is 17.4. The van der Waals surface area contributed by atoms with Crippen LogP contribution in [0, 0.1) is 5.92 Å². The first-order valence-corrected chi connectivity index (χ1v) is 9.36. The van der Waals surface area contributed by atoms with Gasteiger partial charge in [-0.1, -0.05) is 33.1 Å². The van der Waals surface area contributed by atoms with Crippen molar-refractivity contribution in [3.63, 3.8) is 0 Å². The van der Waals surface area contributed by atoms with Gasteiger partial charge in [-0.15, -0.1) is 0 Å². The lowest BCUT2D eigenvalue weighted by molar-refractivity contribution is -0.120. The van der Waals surface area contributed by atoms with Gasteiger partial charge in [0, 0.05) is 30.3 Å². The molecular weight excluding hydrogens is 300 g/mol. The van der Waals surface area contributed by atoms with Gasteiger partial charge >= 0.3 is 0 Å². The predicted octanol–water partition coefficient (Wildman–Crippen LogP) is 4.47. The number of anilines is 1. The molecule has 0 saturated heterocycles. The summed E-state index contributed by atoms with van der Waals surface area (Å²) >= 11 is 0. The summed E-state index contributed by atoms with van der Waals surface area (Å²) in [5.74, 6) is 0.334. The maximum Gasteiger partial charge on any atom is 0.253 e. The molecule has 1 N–H and O–H groups in total. The topological polar surface area (TPSA) is 49.4 Å². The van der Waals surface area contributed by atoms with Gasteiger partial charge in [0.1, 0.15) is 0 Å². The lowest BCUT2D eigenvalue weighted by Gasteiger charge is -2.22. The highest BCUT2D eigenvalue weighted by Crippen LogP contribution is 2.25. The Morgan fingerprint density at radius 2 is 1.58 bits per heavy atom. The Kier molecular flexibility index (Phi) is 7.29. The molecule has 24 heavy (non-hydrogen) atoms. The molecule has 0 bridgehead atoms. The molecule has 4 nitrogen and oxygen atoms in total. The molecule has 1 aliphatic carbocycles. The molecule has 0 radical (unpaired) electrons. The molecule has 1 aliphatic rings. The minimum Gasteiger partial charge on any atom is -0.339 e. The number of hydrogen-bond acceptors (Lipinski definition) is 2. The average molecular weight is 330 g/mol. The monoisotopic (exact) mass is 330 g/mol. The van der Waals surface area contributed by atoms with Gasteiger partial charge in [0.25, 0.3) is 5.91 Å². The van der Waals surface area contributed by atoms with E-state index >= 15 is 0 Å². The van der Waals surface area contributed by atoms with Crippen molar-refractivity contribution in [2.24, 2.45) is 5.92 Å². The first-order valence-electron chi connectivity index (χ1n) is 9.36. The van der Waals surface area contributed by atoms with Crippen LogP contribution in [0.2, 0.25) is 0 Å². The Balaban J connectivity index is 1.96. The SMILES string of the molecule is CCCN(CCC)C(=O)c1ccc(NC(=O)C2CCCCC2)cc1. The van der Waals surface area contributed by atoms with Gasteiger partial charge in [0.2, 0.25) is 5.91 Å². The fourth-order valence-electron chi connectivity index (χ4n) is 3.34. The van der Waals surface area contributed by atoms with Crippen molar-refractivity contribution in [2.75, 3.05) is 18.4 Å². The Morgan fingerprint density at radius 3 is 2.12 bits per heavy atom. The van der Waals surface area contributed by atoms with E-state index in [1.807, 2.05) is 29.2 Å². The Labute approximate surface area is 145 Å². The maximum absolute atomic E-state index is 12.5. The summed E-state index contributed by atoms with van der Waals surface area (Å²) in [5.41, 5.74) is 1.47. The molecule has 1 aromatic rings. The number of rotatable bonds is 7. The van der Waals surface area contributed by atoms with E-state index in [-0.39, 0.29) is 17.7 Å². The third kappa shape index (κ3) is 5.08. The highest BCUT2D eigenvalue weighted by atomic mass is 16.2. The molecular formula is C20H30N2O2. The second-order valence-electron chi connectivity index (χ2n) is 6.69. The molecule has 2 amide bonds. The normalized spacial score (nSPS) is 15.1. The number of hydrogen-bond donors (Lipinski definition) is 1. The van der Waals surface area contributed by atoms with Crippen LogP contribution in [0.3, 0.4) is 0 Å². The summed E-state index contributed by atoms with van der Waals surface area (Å²) in [6.07, 6.45) is 7.44. The molecule has 0 aromatic heterocycles. The van der Waals surface area contributed by atoms with Crippen molar-refractivity contribution >= 4 is 17.5 Å². The zero-order valence-corrected chi connectivity index (χ0v) is 15.0. The highest BCUT2D eigenvalue weighted by Gasteiger charge is 2.21. The maximum atomic E-state index is 12.5. The smallest absolute Gasteiger partial charge is 0.253 e. The van der Waals surface area contributed by atoms with Crippen molar-refractivity contribution in [1.29, 1.82) is 0 Å². The number of benzene rings is 1. The Morgan fingerprint density at radius 1 is 1.00 bits per heavy atom. The van der Waals surface area contributed by atoms with Crippen molar-refractivity contribution in [2.45, 2.75) is 58.8 Å². The number of carbonyl (C=O) groups excluding carboxylic acids is 2. The molecule has 1 saturated carbocycles. The molecule has 0 heterocycles. The van der Waals surface area contributed by atoms with E-state index < -0.39 is 0 Å². The molecule has 0 atom stereocenters. The quantitative estimate of drug-likeness (QED) is 0.802. The number of amides is 2. The molecule has 1 fully saturated rings. The van der Waals surface area contributed by atoms with Crippen LogP contribution in [0.5, 0.6) is 0 Å². The summed E-state index contributed by atoms with van der Waals surface area (Å²) in [6, 6.07) is 7.31. The third-order valence-corrected chi connectivity index (χ3v) is 4.65. The minimum atomic E-state index is 0.0730. The highest BCUT2D eigenvalue weighted by molar-refractivity contribution is 5.96. The van der Waals surface area contributed by atoms with E-state index in [2.05, 4.69) is 19.2 Å². The molecule has 132 valence electrons. The van der Waals surface area contributed by atoms with E-state index in [1.165, 1.54) is 6.42 Å².